The van der Waals surface area contributed by atoms with Gasteiger partial charge in [0.15, 0.2) is 5.82 Å². The Balaban J connectivity index is 1.40. The molecule has 34 heavy (non-hydrogen) atoms. The topological polar surface area (TPSA) is 116 Å². The van der Waals surface area contributed by atoms with Gasteiger partial charge in [0, 0.05) is 43.8 Å². The summed E-state index contributed by atoms with van der Waals surface area (Å²) >= 11 is 0. The lowest BCUT2D eigenvalue weighted by molar-refractivity contribution is 0.119. The number of nitrogens with zero attached hydrogens (tertiary/aromatic N) is 5. The molecule has 1 aromatic carbocycles. The summed E-state index contributed by atoms with van der Waals surface area (Å²) in [5.41, 5.74) is 9.05. The number of ether oxygens (including phenoxy) is 1. The molecule has 0 unspecified atom stereocenters. The molecule has 0 amide bonds. The molecular formula is C24H30N6O3S. The van der Waals surface area contributed by atoms with Crippen molar-refractivity contribution < 1.29 is 13.2 Å². The number of hydrogen-bond acceptors (Lipinski definition) is 7. The van der Waals surface area contributed by atoms with Crippen molar-refractivity contribution in [1.82, 2.24) is 23.8 Å². The first-order chi connectivity index (χ1) is 16.3. The van der Waals surface area contributed by atoms with Gasteiger partial charge < -0.3 is 15.0 Å². The Morgan fingerprint density at radius 1 is 1.12 bits per heavy atom. The van der Waals surface area contributed by atoms with E-state index < -0.39 is 10.0 Å². The summed E-state index contributed by atoms with van der Waals surface area (Å²) in [5.74, 6) is 1.38. The quantitative estimate of drug-likeness (QED) is 0.345. The first-order valence-corrected chi connectivity index (χ1v) is 12.8. The van der Waals surface area contributed by atoms with Gasteiger partial charge in [-0.25, -0.2) is 18.4 Å². The average Bonchev–Trinajstić information content (AvgIpc) is 3.16. The lowest BCUT2D eigenvalue weighted by Gasteiger charge is -2.18. The van der Waals surface area contributed by atoms with Gasteiger partial charge in [-0.2, -0.15) is 4.31 Å². The molecule has 2 N–H and O–H groups in total. The Kier molecular flexibility index (Phi) is 7.11. The molecule has 0 aliphatic rings. The van der Waals surface area contributed by atoms with Crippen molar-refractivity contribution in [2.75, 3.05) is 32.5 Å². The zero-order chi connectivity index (χ0) is 24.3. The minimum Gasteiger partial charge on any atom is -0.382 e. The van der Waals surface area contributed by atoms with Gasteiger partial charge in [-0.15, -0.1) is 0 Å². The van der Waals surface area contributed by atoms with Crippen molar-refractivity contribution in [2.24, 2.45) is 0 Å². The van der Waals surface area contributed by atoms with E-state index in [1.54, 1.807) is 31.4 Å². The van der Waals surface area contributed by atoms with Crippen LogP contribution in [-0.4, -0.2) is 59.0 Å². The van der Waals surface area contributed by atoms with Crippen LogP contribution < -0.4 is 5.73 Å². The van der Waals surface area contributed by atoms with E-state index in [9.17, 15) is 8.42 Å². The molecule has 0 saturated heterocycles. The van der Waals surface area contributed by atoms with Crippen LogP contribution in [0.5, 0.6) is 0 Å². The molecule has 0 fully saturated rings. The SMILES string of the molecule is CCCc1nc2c(N)nc(C)cc2n1CCOCCN(C)S(=O)(=O)c1cccc2cccnc12. The molecule has 0 radical (unpaired) electrons. The Labute approximate surface area is 199 Å². The summed E-state index contributed by atoms with van der Waals surface area (Å²) in [6.07, 6.45) is 3.39. The summed E-state index contributed by atoms with van der Waals surface area (Å²) in [4.78, 5) is 13.5. The number of nitrogens with two attached hydrogens (primary N) is 1. The Morgan fingerprint density at radius 2 is 1.91 bits per heavy atom. The number of fused-ring (bicyclic) bond motifs is 2. The number of benzene rings is 1. The lowest BCUT2D eigenvalue weighted by atomic mass is 10.2. The monoisotopic (exact) mass is 482 g/mol. The number of anilines is 1. The van der Waals surface area contributed by atoms with Crippen molar-refractivity contribution >= 4 is 37.8 Å². The van der Waals surface area contributed by atoms with Gasteiger partial charge in [-0.3, -0.25) is 4.98 Å². The number of nitrogen functional groups attached to an aromatic ring is 1. The Morgan fingerprint density at radius 3 is 2.71 bits per heavy atom. The fraction of sp³-hybridized carbons (Fsp3) is 0.375. The van der Waals surface area contributed by atoms with Gasteiger partial charge >= 0.3 is 0 Å². The van der Waals surface area contributed by atoms with Gasteiger partial charge in [0.05, 0.1) is 24.2 Å². The van der Waals surface area contributed by atoms with Crippen molar-refractivity contribution in [3.8, 4) is 0 Å². The summed E-state index contributed by atoms with van der Waals surface area (Å²) in [6.45, 7) is 5.53. The van der Waals surface area contributed by atoms with Gasteiger partial charge in [0.2, 0.25) is 10.0 Å². The van der Waals surface area contributed by atoms with Gasteiger partial charge in [-0.1, -0.05) is 25.1 Å². The van der Waals surface area contributed by atoms with Crippen molar-refractivity contribution in [2.45, 2.75) is 38.1 Å². The van der Waals surface area contributed by atoms with E-state index in [2.05, 4.69) is 26.4 Å². The van der Waals surface area contributed by atoms with Crippen LogP contribution in [0.25, 0.3) is 21.9 Å². The van der Waals surface area contributed by atoms with Crippen molar-refractivity contribution in [1.29, 1.82) is 0 Å². The highest BCUT2D eigenvalue weighted by Gasteiger charge is 2.23. The third-order valence-corrected chi connectivity index (χ3v) is 7.63. The normalized spacial score (nSPS) is 12.2. The summed E-state index contributed by atoms with van der Waals surface area (Å²) in [5, 5.41) is 0.787. The highest BCUT2D eigenvalue weighted by molar-refractivity contribution is 7.89. The predicted octanol–water partition coefficient (Wildman–Crippen LogP) is 3.16. The number of aromatic nitrogens is 4. The lowest BCUT2D eigenvalue weighted by Crippen LogP contribution is -2.30. The summed E-state index contributed by atoms with van der Waals surface area (Å²) in [7, 11) is -2.14. The minimum atomic E-state index is -3.69. The second-order valence-electron chi connectivity index (χ2n) is 8.22. The molecule has 3 heterocycles. The molecule has 4 aromatic rings. The number of hydrogen-bond donors (Lipinski definition) is 1. The zero-order valence-corrected chi connectivity index (χ0v) is 20.5. The van der Waals surface area contributed by atoms with Crippen LogP contribution in [-0.2, 0) is 27.7 Å². The van der Waals surface area contributed by atoms with Crippen LogP contribution in [0.4, 0.5) is 5.82 Å². The maximum atomic E-state index is 13.1. The largest absolute Gasteiger partial charge is 0.382 e. The highest BCUT2D eigenvalue weighted by Crippen LogP contribution is 2.24. The van der Waals surface area contributed by atoms with E-state index in [0.29, 0.717) is 30.0 Å². The van der Waals surface area contributed by atoms with E-state index >= 15 is 0 Å². The molecule has 9 nitrogen and oxygen atoms in total. The zero-order valence-electron chi connectivity index (χ0n) is 19.7. The molecule has 0 saturated carbocycles. The first kappa shape index (κ1) is 24.1. The number of imidazole rings is 1. The number of para-hydroxylation sites is 1. The molecule has 3 aromatic heterocycles. The second kappa shape index (κ2) is 10.0. The summed E-state index contributed by atoms with van der Waals surface area (Å²) in [6, 6.07) is 10.8. The van der Waals surface area contributed by atoms with E-state index in [0.717, 1.165) is 35.3 Å². The number of likely N-dealkylation sites (N-methyl/N-ethyl adjacent to an activating group) is 1. The molecule has 0 spiro atoms. The Bertz CT molecular complexity index is 1410. The maximum absolute atomic E-state index is 13.1. The minimum absolute atomic E-state index is 0.198. The Hall–Kier alpha value is -3.08. The van der Waals surface area contributed by atoms with Gasteiger partial charge in [-0.05, 0) is 31.5 Å². The van der Waals surface area contributed by atoms with Crippen molar-refractivity contribution in [3.05, 3.63) is 54.1 Å². The van der Waals surface area contributed by atoms with Crippen molar-refractivity contribution in [3.63, 3.8) is 0 Å². The molecule has 4 rings (SSSR count). The fourth-order valence-corrected chi connectivity index (χ4v) is 5.32. The molecule has 0 aliphatic carbocycles. The number of pyridine rings is 2. The number of aryl methyl sites for hydroxylation is 2. The van der Waals surface area contributed by atoms with Crippen LogP contribution in [0.1, 0.15) is 24.9 Å². The first-order valence-electron chi connectivity index (χ1n) is 11.3. The van der Waals surface area contributed by atoms with Crippen LogP contribution in [0.3, 0.4) is 0 Å². The van der Waals surface area contributed by atoms with E-state index in [1.165, 1.54) is 4.31 Å². The van der Waals surface area contributed by atoms with Crippen LogP contribution in [0.15, 0.2) is 47.5 Å². The van der Waals surface area contributed by atoms with E-state index in [4.69, 9.17) is 10.5 Å². The average molecular weight is 483 g/mol. The fourth-order valence-electron chi connectivity index (χ4n) is 4.01. The summed E-state index contributed by atoms with van der Waals surface area (Å²) < 4.78 is 35.5. The number of rotatable bonds is 10. The maximum Gasteiger partial charge on any atom is 0.245 e. The van der Waals surface area contributed by atoms with E-state index in [-0.39, 0.29) is 18.0 Å². The molecule has 0 aliphatic heterocycles. The smallest absolute Gasteiger partial charge is 0.245 e. The third kappa shape index (κ3) is 4.75. The molecule has 0 atom stereocenters. The molecule has 10 heteroatoms. The third-order valence-electron chi connectivity index (χ3n) is 5.74. The molecular weight excluding hydrogens is 452 g/mol. The standard InChI is InChI=1S/C24H30N6O3S/c1-4-7-21-28-23-19(16-17(2)27-24(23)25)30(21)13-15-33-14-12-29(3)34(31,32)20-10-5-8-18-9-6-11-26-22(18)20/h5-6,8-11,16H,4,7,12-15H2,1-3H3,(H2,25,27). The molecule has 180 valence electrons. The van der Waals surface area contributed by atoms with Crippen LogP contribution in [0, 0.1) is 6.92 Å². The van der Waals surface area contributed by atoms with Gasteiger partial charge in [0.1, 0.15) is 16.2 Å². The number of sulfonamides is 1. The van der Waals surface area contributed by atoms with E-state index in [1.807, 2.05) is 25.1 Å². The second-order valence-corrected chi connectivity index (χ2v) is 10.2. The van der Waals surface area contributed by atoms with Crippen LogP contribution in [0.2, 0.25) is 0 Å². The predicted molar refractivity (Wildman–Crippen MR) is 133 cm³/mol. The molecule has 0 bridgehead atoms. The highest BCUT2D eigenvalue weighted by atomic mass is 32.2. The van der Waals surface area contributed by atoms with Crippen LogP contribution >= 0.6 is 0 Å². The van der Waals surface area contributed by atoms with Gasteiger partial charge in [0.25, 0.3) is 0 Å².